The van der Waals surface area contributed by atoms with Gasteiger partial charge in [-0.1, -0.05) is 19.1 Å². The highest BCUT2D eigenvalue weighted by atomic mass is 16.4. The summed E-state index contributed by atoms with van der Waals surface area (Å²) in [5, 5.41) is 8.87. The third kappa shape index (κ3) is 3.58. The number of rotatable bonds is 4. The first-order valence-corrected chi connectivity index (χ1v) is 7.23. The second-order valence-electron chi connectivity index (χ2n) is 5.90. The Hall–Kier alpha value is -1.32. The first-order chi connectivity index (χ1) is 9.08. The van der Waals surface area contributed by atoms with Crippen molar-refractivity contribution in [1.82, 2.24) is 4.90 Å². The Balaban J connectivity index is 1.89. The van der Waals surface area contributed by atoms with Gasteiger partial charge in [0.05, 0.1) is 0 Å². The minimum Gasteiger partial charge on any atom is -0.481 e. The van der Waals surface area contributed by atoms with Crippen LogP contribution in [0.25, 0.3) is 0 Å². The third-order valence-electron chi connectivity index (χ3n) is 4.43. The van der Waals surface area contributed by atoms with E-state index in [9.17, 15) is 9.59 Å². The van der Waals surface area contributed by atoms with E-state index in [0.29, 0.717) is 5.92 Å². The number of carbonyl (C=O) groups excluding carboxylic acids is 1. The number of amides is 1. The quantitative estimate of drug-likeness (QED) is 0.793. The van der Waals surface area contributed by atoms with Gasteiger partial charge in [0, 0.05) is 25.4 Å². The highest BCUT2D eigenvalue weighted by Crippen LogP contribution is 2.28. The molecule has 1 heterocycles. The molecule has 0 aromatic heterocycles. The van der Waals surface area contributed by atoms with Gasteiger partial charge in [0.25, 0.3) is 0 Å². The number of piperidine rings is 1. The van der Waals surface area contributed by atoms with Crippen molar-refractivity contribution in [2.45, 2.75) is 39.0 Å². The Labute approximate surface area is 114 Å². The van der Waals surface area contributed by atoms with Crippen molar-refractivity contribution in [3.63, 3.8) is 0 Å². The van der Waals surface area contributed by atoms with Crippen LogP contribution in [0.4, 0.5) is 0 Å². The van der Waals surface area contributed by atoms with Gasteiger partial charge < -0.3 is 10.0 Å². The fourth-order valence-corrected chi connectivity index (χ4v) is 3.19. The molecule has 106 valence electrons. The summed E-state index contributed by atoms with van der Waals surface area (Å²) in [6.07, 6.45) is 8.14. The van der Waals surface area contributed by atoms with Crippen LogP contribution in [0.2, 0.25) is 0 Å². The standard InChI is InChI=1S/C15H23NO3/c1-11(9-14(17)18)13-7-4-8-16(10-13)15(19)12-5-2-3-6-12/h2-3,11-13H,4-10H2,1H3,(H,17,18). The molecule has 1 saturated heterocycles. The maximum Gasteiger partial charge on any atom is 0.303 e. The summed E-state index contributed by atoms with van der Waals surface area (Å²) < 4.78 is 0. The molecule has 19 heavy (non-hydrogen) atoms. The van der Waals surface area contributed by atoms with Crippen molar-refractivity contribution in [2.24, 2.45) is 17.8 Å². The molecular formula is C15H23NO3. The van der Waals surface area contributed by atoms with E-state index in [1.807, 2.05) is 11.8 Å². The minimum atomic E-state index is -0.740. The maximum atomic E-state index is 12.4. The first kappa shape index (κ1) is 14.1. The number of hydrogen-bond donors (Lipinski definition) is 1. The van der Waals surface area contributed by atoms with E-state index in [1.165, 1.54) is 0 Å². The Bertz CT molecular complexity index is 370. The van der Waals surface area contributed by atoms with Crippen molar-refractivity contribution < 1.29 is 14.7 Å². The second-order valence-corrected chi connectivity index (χ2v) is 5.90. The lowest BCUT2D eigenvalue weighted by Gasteiger charge is -2.36. The van der Waals surface area contributed by atoms with Gasteiger partial charge in [0.1, 0.15) is 0 Å². The van der Waals surface area contributed by atoms with Crippen molar-refractivity contribution in [3.05, 3.63) is 12.2 Å². The summed E-state index contributed by atoms with van der Waals surface area (Å²) in [5.41, 5.74) is 0. The van der Waals surface area contributed by atoms with E-state index >= 15 is 0 Å². The average Bonchev–Trinajstić information content (AvgIpc) is 2.91. The molecule has 1 N–H and O–H groups in total. The Morgan fingerprint density at radius 3 is 2.68 bits per heavy atom. The highest BCUT2D eigenvalue weighted by molar-refractivity contribution is 5.79. The lowest BCUT2D eigenvalue weighted by molar-refractivity contribution is -0.139. The number of allylic oxidation sites excluding steroid dienone is 2. The number of carboxylic acids is 1. The van der Waals surface area contributed by atoms with Crippen LogP contribution in [-0.2, 0) is 9.59 Å². The molecule has 2 unspecified atom stereocenters. The molecule has 1 fully saturated rings. The fraction of sp³-hybridized carbons (Fsp3) is 0.733. The zero-order valence-electron chi connectivity index (χ0n) is 11.5. The molecule has 2 rings (SSSR count). The van der Waals surface area contributed by atoms with E-state index in [2.05, 4.69) is 12.2 Å². The van der Waals surface area contributed by atoms with Gasteiger partial charge in [-0.3, -0.25) is 9.59 Å². The van der Waals surface area contributed by atoms with Gasteiger partial charge in [-0.15, -0.1) is 0 Å². The van der Waals surface area contributed by atoms with Crippen LogP contribution < -0.4 is 0 Å². The molecule has 0 bridgehead atoms. The van der Waals surface area contributed by atoms with Gasteiger partial charge >= 0.3 is 5.97 Å². The molecule has 4 nitrogen and oxygen atoms in total. The molecule has 4 heteroatoms. The predicted molar refractivity (Wildman–Crippen MR) is 72.6 cm³/mol. The van der Waals surface area contributed by atoms with E-state index in [1.54, 1.807) is 0 Å². The van der Waals surface area contributed by atoms with Crippen LogP contribution in [0.1, 0.15) is 39.0 Å². The average molecular weight is 265 g/mol. The normalized spacial score (nSPS) is 25.5. The SMILES string of the molecule is CC(CC(=O)O)C1CCCN(C(=O)C2CC=CC2)C1. The number of carboxylic acid groups (broad SMARTS) is 1. The van der Waals surface area contributed by atoms with Crippen molar-refractivity contribution in [2.75, 3.05) is 13.1 Å². The summed E-state index contributed by atoms with van der Waals surface area (Å²) in [4.78, 5) is 25.1. The lowest BCUT2D eigenvalue weighted by Crippen LogP contribution is -2.44. The molecular weight excluding hydrogens is 242 g/mol. The number of carbonyl (C=O) groups is 2. The molecule has 0 aromatic carbocycles. The molecule has 0 saturated carbocycles. The molecule has 1 aliphatic carbocycles. The third-order valence-corrected chi connectivity index (χ3v) is 4.43. The Kier molecular flexibility index (Phi) is 4.61. The molecule has 0 radical (unpaired) electrons. The zero-order chi connectivity index (χ0) is 13.8. The Morgan fingerprint density at radius 1 is 1.37 bits per heavy atom. The number of nitrogens with zero attached hydrogens (tertiary/aromatic N) is 1. The van der Waals surface area contributed by atoms with Crippen LogP contribution in [0.3, 0.4) is 0 Å². The topological polar surface area (TPSA) is 57.6 Å². The largest absolute Gasteiger partial charge is 0.481 e. The zero-order valence-corrected chi connectivity index (χ0v) is 11.5. The van der Waals surface area contributed by atoms with Crippen LogP contribution >= 0.6 is 0 Å². The highest BCUT2D eigenvalue weighted by Gasteiger charge is 2.31. The van der Waals surface area contributed by atoms with E-state index in [0.717, 1.165) is 38.8 Å². The molecule has 1 amide bonds. The number of hydrogen-bond acceptors (Lipinski definition) is 2. The molecule has 1 aliphatic heterocycles. The van der Waals surface area contributed by atoms with Crippen LogP contribution in [0.15, 0.2) is 12.2 Å². The summed E-state index contributed by atoms with van der Waals surface area (Å²) in [6.45, 7) is 3.57. The van der Waals surface area contributed by atoms with Crippen LogP contribution in [0.5, 0.6) is 0 Å². The number of likely N-dealkylation sites (tertiary alicyclic amines) is 1. The molecule has 2 atom stereocenters. The van der Waals surface area contributed by atoms with Crippen molar-refractivity contribution in [3.8, 4) is 0 Å². The molecule has 0 spiro atoms. The van der Waals surface area contributed by atoms with Crippen molar-refractivity contribution in [1.29, 1.82) is 0 Å². The van der Waals surface area contributed by atoms with Crippen LogP contribution in [0, 0.1) is 17.8 Å². The minimum absolute atomic E-state index is 0.133. The van der Waals surface area contributed by atoms with Gasteiger partial charge in [0.15, 0.2) is 0 Å². The summed E-state index contributed by atoms with van der Waals surface area (Å²) in [7, 11) is 0. The predicted octanol–water partition coefficient (Wildman–Crippen LogP) is 2.30. The summed E-state index contributed by atoms with van der Waals surface area (Å²) in [5.74, 6) is 0.139. The Morgan fingerprint density at radius 2 is 2.05 bits per heavy atom. The van der Waals surface area contributed by atoms with Gasteiger partial charge in [-0.2, -0.15) is 0 Å². The smallest absolute Gasteiger partial charge is 0.303 e. The summed E-state index contributed by atoms with van der Waals surface area (Å²) >= 11 is 0. The van der Waals surface area contributed by atoms with E-state index in [-0.39, 0.29) is 24.2 Å². The van der Waals surface area contributed by atoms with Gasteiger partial charge in [-0.05, 0) is 37.5 Å². The number of aliphatic carboxylic acids is 1. The first-order valence-electron chi connectivity index (χ1n) is 7.23. The summed E-state index contributed by atoms with van der Waals surface area (Å²) in [6, 6.07) is 0. The van der Waals surface area contributed by atoms with Crippen LogP contribution in [-0.4, -0.2) is 35.0 Å². The fourth-order valence-electron chi connectivity index (χ4n) is 3.19. The second kappa shape index (κ2) is 6.22. The van der Waals surface area contributed by atoms with Gasteiger partial charge in [0.2, 0.25) is 5.91 Å². The maximum absolute atomic E-state index is 12.4. The monoisotopic (exact) mass is 265 g/mol. The van der Waals surface area contributed by atoms with E-state index in [4.69, 9.17) is 5.11 Å². The molecule has 0 aromatic rings. The molecule has 2 aliphatic rings. The van der Waals surface area contributed by atoms with Crippen molar-refractivity contribution >= 4 is 11.9 Å². The lowest BCUT2D eigenvalue weighted by atomic mass is 9.84. The van der Waals surface area contributed by atoms with Gasteiger partial charge in [-0.25, -0.2) is 0 Å². The van der Waals surface area contributed by atoms with E-state index < -0.39 is 5.97 Å².